The fourth-order valence-electron chi connectivity index (χ4n) is 0.330. The van der Waals surface area contributed by atoms with Crippen molar-refractivity contribution in [1.29, 1.82) is 0 Å². The maximum Gasteiger partial charge on any atom is 0.302 e. The molecule has 0 saturated carbocycles. The normalized spacial score (nSPS) is 12.9. The monoisotopic (exact) mass is 115 g/mol. The van der Waals surface area contributed by atoms with Crippen molar-refractivity contribution in [3.05, 3.63) is 6.42 Å². The second-order valence-corrected chi connectivity index (χ2v) is 1.65. The van der Waals surface area contributed by atoms with E-state index in [1.54, 1.807) is 0 Å². The Hall–Kier alpha value is -0.530. The minimum Gasteiger partial charge on any atom is -0.463 e. The van der Waals surface area contributed by atoms with Crippen LogP contribution in [-0.2, 0) is 9.53 Å². The molecule has 0 aromatic rings. The molecule has 1 atom stereocenters. The highest BCUT2D eigenvalue weighted by Gasteiger charge is 1.99. The number of rotatable bonds is 2. The lowest BCUT2D eigenvalue weighted by atomic mass is 10.3. The Balaban J connectivity index is 3.24. The predicted molar refractivity (Wildman–Crippen MR) is 31.2 cm³/mol. The van der Waals surface area contributed by atoms with Gasteiger partial charge in [-0.05, 0) is 13.3 Å². The van der Waals surface area contributed by atoms with Crippen molar-refractivity contribution in [3.8, 4) is 0 Å². The van der Waals surface area contributed by atoms with Crippen molar-refractivity contribution < 1.29 is 9.53 Å². The minimum absolute atomic E-state index is 0.0486. The summed E-state index contributed by atoms with van der Waals surface area (Å²) in [5.41, 5.74) is 0. The van der Waals surface area contributed by atoms with E-state index < -0.39 is 0 Å². The fourth-order valence-corrected chi connectivity index (χ4v) is 0.330. The summed E-state index contributed by atoms with van der Waals surface area (Å²) in [7, 11) is 0. The van der Waals surface area contributed by atoms with Crippen LogP contribution >= 0.6 is 0 Å². The lowest BCUT2D eigenvalue weighted by molar-refractivity contribution is -0.144. The van der Waals surface area contributed by atoms with Crippen molar-refractivity contribution in [3.63, 3.8) is 0 Å². The summed E-state index contributed by atoms with van der Waals surface area (Å²) in [6.45, 7) is 5.08. The van der Waals surface area contributed by atoms with Crippen LogP contribution in [0.1, 0.15) is 20.8 Å². The summed E-state index contributed by atoms with van der Waals surface area (Å²) in [6.07, 6.45) is 1.77. The molecule has 0 saturated heterocycles. The van der Waals surface area contributed by atoms with Crippen LogP contribution in [0.3, 0.4) is 0 Å². The van der Waals surface area contributed by atoms with Crippen LogP contribution in [0.4, 0.5) is 0 Å². The van der Waals surface area contributed by atoms with Crippen LogP contribution in [-0.4, -0.2) is 12.1 Å². The van der Waals surface area contributed by atoms with E-state index >= 15 is 0 Å². The first-order chi connectivity index (χ1) is 3.66. The molecule has 1 radical (unpaired) electrons. The smallest absolute Gasteiger partial charge is 0.302 e. The van der Waals surface area contributed by atoms with Crippen molar-refractivity contribution in [2.45, 2.75) is 26.9 Å². The lowest BCUT2D eigenvalue weighted by Gasteiger charge is -2.06. The number of esters is 1. The highest BCUT2D eigenvalue weighted by atomic mass is 16.5. The lowest BCUT2D eigenvalue weighted by Crippen LogP contribution is -2.10. The molecule has 0 aromatic carbocycles. The molecule has 0 aliphatic heterocycles. The molecule has 0 aliphatic carbocycles. The molecule has 0 aromatic heterocycles. The van der Waals surface area contributed by atoms with Gasteiger partial charge in [-0.2, -0.15) is 0 Å². The summed E-state index contributed by atoms with van der Waals surface area (Å²) in [5.74, 6) is -0.226. The van der Waals surface area contributed by atoms with Crippen molar-refractivity contribution in [2.24, 2.45) is 0 Å². The van der Waals surface area contributed by atoms with Crippen LogP contribution in [0.15, 0.2) is 0 Å². The topological polar surface area (TPSA) is 26.3 Å². The van der Waals surface area contributed by atoms with Gasteiger partial charge in [0.2, 0.25) is 0 Å². The zero-order valence-electron chi connectivity index (χ0n) is 5.47. The molecular weight excluding hydrogens is 104 g/mol. The summed E-state index contributed by atoms with van der Waals surface area (Å²) in [5, 5.41) is 0. The number of carbonyl (C=O) groups is 1. The Morgan fingerprint density at radius 3 is 2.38 bits per heavy atom. The summed E-state index contributed by atoms with van der Waals surface area (Å²) < 4.78 is 4.70. The molecule has 0 rings (SSSR count). The predicted octanol–water partition coefficient (Wildman–Crippen LogP) is 1.16. The van der Waals surface area contributed by atoms with E-state index in [1.165, 1.54) is 6.92 Å². The van der Waals surface area contributed by atoms with E-state index in [-0.39, 0.29) is 12.1 Å². The molecule has 0 fully saturated rings. The molecule has 0 unspecified atom stereocenters. The molecule has 0 bridgehead atoms. The molecule has 47 valence electrons. The van der Waals surface area contributed by atoms with Gasteiger partial charge in [0.1, 0.15) is 6.10 Å². The molecule has 2 nitrogen and oxygen atoms in total. The SMILES string of the molecule is C[CH][C@H](C)OC(C)=O. The van der Waals surface area contributed by atoms with Crippen LogP contribution < -0.4 is 0 Å². The second kappa shape index (κ2) is 3.47. The zero-order valence-corrected chi connectivity index (χ0v) is 5.47. The van der Waals surface area contributed by atoms with Crippen molar-refractivity contribution in [2.75, 3.05) is 0 Å². The third-order valence-corrected chi connectivity index (χ3v) is 0.821. The highest BCUT2D eigenvalue weighted by molar-refractivity contribution is 5.66. The first-order valence-electron chi connectivity index (χ1n) is 2.63. The van der Waals surface area contributed by atoms with Gasteiger partial charge in [-0.1, -0.05) is 6.92 Å². The quantitative estimate of drug-likeness (QED) is 0.505. The van der Waals surface area contributed by atoms with Gasteiger partial charge in [0.05, 0.1) is 0 Å². The van der Waals surface area contributed by atoms with Crippen LogP contribution in [0.2, 0.25) is 0 Å². The first kappa shape index (κ1) is 7.47. The summed E-state index contributed by atoms with van der Waals surface area (Å²) in [4.78, 5) is 10.2. The zero-order chi connectivity index (χ0) is 6.57. The maximum absolute atomic E-state index is 10.2. The standard InChI is InChI=1S/C6H11O2/c1-4-5(2)8-6(3)7/h4-5H,1-3H3/t5-/m0/s1. The van der Waals surface area contributed by atoms with E-state index in [0.29, 0.717) is 0 Å². The van der Waals surface area contributed by atoms with Gasteiger partial charge in [-0.15, -0.1) is 0 Å². The molecule has 0 amide bonds. The van der Waals surface area contributed by atoms with Crippen molar-refractivity contribution >= 4 is 5.97 Å². The van der Waals surface area contributed by atoms with Gasteiger partial charge < -0.3 is 4.74 Å². The van der Waals surface area contributed by atoms with Crippen LogP contribution in [0.25, 0.3) is 0 Å². The van der Waals surface area contributed by atoms with E-state index in [9.17, 15) is 4.79 Å². The van der Waals surface area contributed by atoms with Gasteiger partial charge >= 0.3 is 5.97 Å². The molecule has 8 heavy (non-hydrogen) atoms. The Labute approximate surface area is 49.8 Å². The van der Waals surface area contributed by atoms with Gasteiger partial charge in [0.25, 0.3) is 0 Å². The fraction of sp³-hybridized carbons (Fsp3) is 0.667. The Morgan fingerprint density at radius 1 is 1.75 bits per heavy atom. The second-order valence-electron chi connectivity index (χ2n) is 1.65. The molecule has 0 spiro atoms. The van der Waals surface area contributed by atoms with E-state index in [0.717, 1.165) is 0 Å². The van der Waals surface area contributed by atoms with Crippen LogP contribution in [0.5, 0.6) is 0 Å². The van der Waals surface area contributed by atoms with E-state index in [2.05, 4.69) is 0 Å². The summed E-state index contributed by atoms with van der Waals surface area (Å²) in [6, 6.07) is 0. The molecule has 0 aliphatic rings. The van der Waals surface area contributed by atoms with Gasteiger partial charge in [-0.25, -0.2) is 0 Å². The van der Waals surface area contributed by atoms with E-state index in [1.807, 2.05) is 20.3 Å². The van der Waals surface area contributed by atoms with Gasteiger partial charge in [-0.3, -0.25) is 4.79 Å². The maximum atomic E-state index is 10.2. The molecule has 0 heterocycles. The molecule has 2 heteroatoms. The molecule has 0 N–H and O–H groups in total. The van der Waals surface area contributed by atoms with Crippen molar-refractivity contribution in [1.82, 2.24) is 0 Å². The Morgan fingerprint density at radius 2 is 2.25 bits per heavy atom. The van der Waals surface area contributed by atoms with Crippen LogP contribution in [0, 0.1) is 6.42 Å². The third-order valence-electron chi connectivity index (χ3n) is 0.821. The number of ether oxygens (including phenoxy) is 1. The first-order valence-corrected chi connectivity index (χ1v) is 2.63. The molecular formula is C6H11O2. The largest absolute Gasteiger partial charge is 0.463 e. The average molecular weight is 115 g/mol. The number of hydrogen-bond acceptors (Lipinski definition) is 2. The van der Waals surface area contributed by atoms with E-state index in [4.69, 9.17) is 4.74 Å². The minimum atomic E-state index is -0.226. The Kier molecular flexibility index (Phi) is 3.24. The Bertz CT molecular complexity index is 78.6. The number of hydrogen-bond donors (Lipinski definition) is 0. The number of carbonyl (C=O) groups excluding carboxylic acids is 1. The summed E-state index contributed by atoms with van der Waals surface area (Å²) >= 11 is 0. The third kappa shape index (κ3) is 3.65. The highest BCUT2D eigenvalue weighted by Crippen LogP contribution is 1.93. The van der Waals surface area contributed by atoms with Gasteiger partial charge in [0, 0.05) is 6.92 Å². The van der Waals surface area contributed by atoms with Gasteiger partial charge in [0.15, 0.2) is 0 Å². The average Bonchev–Trinajstić information content (AvgIpc) is 1.65.